The minimum atomic E-state index is -1.01. The molecule has 0 bridgehead atoms. The molecule has 0 radical (unpaired) electrons. The number of likely N-dealkylation sites (N-methyl/N-ethyl adjacent to an activating group) is 1. The van der Waals surface area contributed by atoms with Crippen LogP contribution in [0.3, 0.4) is 0 Å². The number of hydrogen-bond acceptors (Lipinski definition) is 5. The minimum Gasteiger partial charge on any atom is -0.394 e. The molecule has 2 aromatic heterocycles. The highest BCUT2D eigenvalue weighted by atomic mass is 35.5. The molecule has 3 atom stereocenters. The van der Waals surface area contributed by atoms with Crippen molar-refractivity contribution in [3.63, 3.8) is 0 Å². The first-order chi connectivity index (χ1) is 14.3. The third kappa shape index (κ3) is 4.28. The fourth-order valence-corrected chi connectivity index (χ4v) is 5.43. The molecule has 31 heavy (non-hydrogen) atoms. The predicted octanol–water partition coefficient (Wildman–Crippen LogP) is 3.13. The van der Waals surface area contributed by atoms with Crippen molar-refractivity contribution in [3.05, 3.63) is 56.5 Å². The zero-order valence-electron chi connectivity index (χ0n) is 16.4. The summed E-state index contributed by atoms with van der Waals surface area (Å²) in [6.07, 6.45) is 0.570. The second-order valence-electron chi connectivity index (χ2n) is 7.28. The average molecular weight is 504 g/mol. The van der Waals surface area contributed by atoms with Crippen LogP contribution in [-0.2, 0) is 11.2 Å². The van der Waals surface area contributed by atoms with Gasteiger partial charge in [-0.05, 0) is 23.6 Å². The SMILES string of the molecule is CN(C(=O)[C@@H](N)CO)C1c2ccccc2CC1NC(=O)c1cc2sc(Cl)c(Cl)c2[nH]1.Cl. The number of amides is 2. The van der Waals surface area contributed by atoms with Gasteiger partial charge in [0, 0.05) is 7.05 Å². The van der Waals surface area contributed by atoms with Gasteiger partial charge >= 0.3 is 0 Å². The average Bonchev–Trinajstić information content (AvgIpc) is 3.39. The number of aliphatic hydroxyl groups excluding tert-OH is 1. The monoisotopic (exact) mass is 502 g/mol. The van der Waals surface area contributed by atoms with Crippen LogP contribution < -0.4 is 11.1 Å². The van der Waals surface area contributed by atoms with Crippen LogP contribution in [0.25, 0.3) is 10.2 Å². The van der Waals surface area contributed by atoms with Crippen molar-refractivity contribution in [2.45, 2.75) is 24.5 Å². The summed E-state index contributed by atoms with van der Waals surface area (Å²) >= 11 is 13.5. The van der Waals surface area contributed by atoms with E-state index in [1.807, 2.05) is 24.3 Å². The van der Waals surface area contributed by atoms with Crippen LogP contribution in [0.5, 0.6) is 0 Å². The number of fused-ring (bicyclic) bond motifs is 2. The number of aromatic amines is 1. The molecule has 2 amide bonds. The lowest BCUT2D eigenvalue weighted by Gasteiger charge is -2.32. The molecule has 11 heteroatoms. The van der Waals surface area contributed by atoms with E-state index >= 15 is 0 Å². The molecule has 0 saturated carbocycles. The topological polar surface area (TPSA) is 111 Å². The standard InChI is InChI=1S/C20H20Cl2N4O3S.ClH/c1-26(20(29)11(23)8-27)17-10-5-3-2-4-9(10)6-12(17)25-19(28)13-7-14-16(24-13)15(21)18(22)30-14;/h2-5,7,11-12,17,24,27H,6,8,23H2,1H3,(H,25,28);1H/t11-,12?,17?;/m0./s1. The maximum Gasteiger partial charge on any atom is 0.268 e. The van der Waals surface area contributed by atoms with Gasteiger partial charge in [-0.15, -0.1) is 23.7 Å². The Morgan fingerprint density at radius 2 is 2.10 bits per heavy atom. The first kappa shape index (κ1) is 23.8. The van der Waals surface area contributed by atoms with E-state index in [2.05, 4.69) is 10.3 Å². The van der Waals surface area contributed by atoms with E-state index in [1.165, 1.54) is 16.2 Å². The molecule has 0 saturated heterocycles. The van der Waals surface area contributed by atoms with Gasteiger partial charge in [0.25, 0.3) is 5.91 Å². The molecule has 0 fully saturated rings. The highest BCUT2D eigenvalue weighted by molar-refractivity contribution is 7.23. The van der Waals surface area contributed by atoms with Gasteiger partial charge in [-0.2, -0.15) is 0 Å². The predicted molar refractivity (Wildman–Crippen MR) is 125 cm³/mol. The summed E-state index contributed by atoms with van der Waals surface area (Å²) in [4.78, 5) is 30.1. The molecule has 1 aliphatic rings. The first-order valence-electron chi connectivity index (χ1n) is 9.30. The minimum absolute atomic E-state index is 0. The Kier molecular flexibility index (Phi) is 7.20. The van der Waals surface area contributed by atoms with Gasteiger partial charge in [0.2, 0.25) is 5.91 Å². The Labute approximate surface area is 198 Å². The van der Waals surface area contributed by atoms with Crippen LogP contribution in [-0.4, -0.2) is 52.5 Å². The largest absolute Gasteiger partial charge is 0.394 e. The summed E-state index contributed by atoms with van der Waals surface area (Å²) < 4.78 is 1.26. The lowest BCUT2D eigenvalue weighted by molar-refractivity contribution is -0.134. The number of aromatic nitrogens is 1. The maximum atomic E-state index is 13.0. The number of rotatable bonds is 5. The Balaban J connectivity index is 0.00000272. The number of carbonyl (C=O) groups excluding carboxylic acids is 2. The molecule has 4 rings (SSSR count). The Bertz CT molecular complexity index is 1130. The van der Waals surface area contributed by atoms with Gasteiger partial charge in [-0.25, -0.2) is 0 Å². The maximum absolute atomic E-state index is 13.0. The molecule has 5 N–H and O–H groups in total. The Hall–Kier alpha value is -1.81. The number of hydrogen-bond donors (Lipinski definition) is 4. The fourth-order valence-electron chi connectivity index (χ4n) is 3.95. The number of carbonyl (C=O) groups is 2. The summed E-state index contributed by atoms with van der Waals surface area (Å²) in [5.74, 6) is -0.694. The van der Waals surface area contributed by atoms with Gasteiger partial charge in [0.05, 0.1) is 33.9 Å². The molecular formula is C20H21Cl3N4O3S. The van der Waals surface area contributed by atoms with Crippen molar-refractivity contribution in [2.24, 2.45) is 5.73 Å². The van der Waals surface area contributed by atoms with E-state index in [1.54, 1.807) is 13.1 Å². The highest BCUT2D eigenvalue weighted by Crippen LogP contribution is 2.39. The molecule has 2 heterocycles. The smallest absolute Gasteiger partial charge is 0.268 e. The Morgan fingerprint density at radius 3 is 2.77 bits per heavy atom. The summed E-state index contributed by atoms with van der Waals surface area (Å²) in [6, 6.07) is 7.68. The van der Waals surface area contributed by atoms with E-state index in [0.29, 0.717) is 27.0 Å². The van der Waals surface area contributed by atoms with Crippen LogP contribution in [0.4, 0.5) is 0 Å². The zero-order chi connectivity index (χ0) is 21.6. The van der Waals surface area contributed by atoms with Gasteiger partial charge in [0.15, 0.2) is 0 Å². The van der Waals surface area contributed by atoms with Crippen molar-refractivity contribution < 1.29 is 14.7 Å². The molecule has 166 valence electrons. The number of nitrogens with two attached hydrogens (primary N) is 1. The van der Waals surface area contributed by atoms with Crippen LogP contribution >= 0.6 is 46.9 Å². The lowest BCUT2D eigenvalue weighted by Crippen LogP contribution is -2.50. The quantitative estimate of drug-likeness (QED) is 0.428. The summed E-state index contributed by atoms with van der Waals surface area (Å²) in [6.45, 7) is -0.447. The van der Waals surface area contributed by atoms with Gasteiger partial charge < -0.3 is 26.0 Å². The van der Waals surface area contributed by atoms with Crippen LogP contribution in [0.1, 0.15) is 27.7 Å². The lowest BCUT2D eigenvalue weighted by atomic mass is 10.0. The van der Waals surface area contributed by atoms with E-state index in [4.69, 9.17) is 28.9 Å². The van der Waals surface area contributed by atoms with Crippen LogP contribution in [0.2, 0.25) is 9.36 Å². The van der Waals surface area contributed by atoms with E-state index < -0.39 is 18.7 Å². The van der Waals surface area contributed by atoms with Crippen molar-refractivity contribution in [1.29, 1.82) is 0 Å². The summed E-state index contributed by atoms with van der Waals surface area (Å²) in [7, 11) is 1.64. The normalized spacial score (nSPS) is 18.4. The molecule has 1 aliphatic carbocycles. The van der Waals surface area contributed by atoms with Gasteiger partial charge in [-0.3, -0.25) is 9.59 Å². The zero-order valence-corrected chi connectivity index (χ0v) is 19.5. The summed E-state index contributed by atoms with van der Waals surface area (Å²) in [5.41, 5.74) is 8.74. The van der Waals surface area contributed by atoms with Crippen molar-refractivity contribution >= 4 is 69.0 Å². The number of aliphatic hydroxyl groups is 1. The van der Waals surface area contributed by atoms with E-state index in [9.17, 15) is 14.7 Å². The van der Waals surface area contributed by atoms with Crippen LogP contribution in [0.15, 0.2) is 30.3 Å². The van der Waals surface area contributed by atoms with Gasteiger partial charge in [0.1, 0.15) is 16.1 Å². The van der Waals surface area contributed by atoms with Gasteiger partial charge in [-0.1, -0.05) is 47.5 Å². The number of halogens is 3. The third-order valence-corrected chi connectivity index (χ3v) is 7.34. The Morgan fingerprint density at radius 1 is 1.39 bits per heavy atom. The second kappa shape index (κ2) is 9.36. The third-order valence-electron chi connectivity index (χ3n) is 5.41. The molecular weight excluding hydrogens is 483 g/mol. The second-order valence-corrected chi connectivity index (χ2v) is 9.31. The first-order valence-corrected chi connectivity index (χ1v) is 10.9. The number of nitrogens with one attached hydrogen (secondary N) is 2. The number of thiophene rings is 1. The number of H-pyrrole nitrogens is 1. The van der Waals surface area contributed by atoms with E-state index in [-0.39, 0.29) is 30.3 Å². The molecule has 2 unspecified atom stereocenters. The molecule has 0 aliphatic heterocycles. The highest BCUT2D eigenvalue weighted by Gasteiger charge is 2.39. The number of benzene rings is 1. The molecule has 3 aromatic rings. The fraction of sp³-hybridized carbons (Fsp3) is 0.300. The molecule has 1 aromatic carbocycles. The summed E-state index contributed by atoms with van der Waals surface area (Å²) in [5, 5.41) is 12.7. The van der Waals surface area contributed by atoms with Crippen molar-refractivity contribution in [2.75, 3.05) is 13.7 Å². The van der Waals surface area contributed by atoms with E-state index in [0.717, 1.165) is 15.8 Å². The van der Waals surface area contributed by atoms with Crippen molar-refractivity contribution in [3.8, 4) is 0 Å². The molecule has 0 spiro atoms. The van der Waals surface area contributed by atoms with Crippen molar-refractivity contribution in [1.82, 2.24) is 15.2 Å². The number of nitrogens with zero attached hydrogens (tertiary/aromatic N) is 1. The van der Waals surface area contributed by atoms with Crippen LogP contribution in [0, 0.1) is 0 Å². The molecule has 7 nitrogen and oxygen atoms in total.